The Kier molecular flexibility index (Phi) is 4.73. The number of nitrogen functional groups attached to an aromatic ring is 1. The summed E-state index contributed by atoms with van der Waals surface area (Å²) in [5.41, 5.74) is 7.51. The molecule has 0 aromatic heterocycles. The Balaban J connectivity index is 1.98. The molecule has 1 heterocycles. The Bertz CT molecular complexity index is 1070. The Morgan fingerprint density at radius 1 is 1.19 bits per heavy atom. The second kappa shape index (κ2) is 6.58. The number of nitrogens with two attached hydrogens (primary N) is 1. The fourth-order valence-corrected chi connectivity index (χ4v) is 4.91. The molecule has 138 valence electrons. The monoisotopic (exact) mass is 396 g/mol. The molecular formula is C15H17BN2O6S2. The number of sulfone groups is 1. The molecule has 0 amide bonds. The van der Waals surface area contributed by atoms with Crippen LogP contribution in [0.1, 0.15) is 11.1 Å². The number of sulfonamides is 1. The minimum atomic E-state index is -4.06. The molecule has 0 fully saturated rings. The van der Waals surface area contributed by atoms with Crippen molar-refractivity contribution in [1.29, 1.82) is 0 Å². The highest BCUT2D eigenvalue weighted by Crippen LogP contribution is 2.24. The van der Waals surface area contributed by atoms with Crippen molar-refractivity contribution in [3.8, 4) is 0 Å². The molecule has 0 spiro atoms. The van der Waals surface area contributed by atoms with Gasteiger partial charge in [0.05, 0.1) is 17.3 Å². The van der Waals surface area contributed by atoms with Crippen molar-refractivity contribution in [1.82, 2.24) is 0 Å². The number of rotatable bonds is 5. The molecule has 0 saturated carbocycles. The van der Waals surface area contributed by atoms with Crippen LogP contribution < -0.4 is 15.9 Å². The van der Waals surface area contributed by atoms with E-state index in [4.69, 9.17) is 10.4 Å². The summed E-state index contributed by atoms with van der Waals surface area (Å²) in [6, 6.07) is 8.67. The van der Waals surface area contributed by atoms with Crippen molar-refractivity contribution in [2.75, 3.05) is 16.7 Å². The Hall–Kier alpha value is -2.08. The van der Waals surface area contributed by atoms with Gasteiger partial charge in [-0.15, -0.1) is 0 Å². The molecule has 11 heteroatoms. The summed E-state index contributed by atoms with van der Waals surface area (Å²) < 4.78 is 56.2. The Morgan fingerprint density at radius 3 is 2.62 bits per heavy atom. The molecule has 0 aliphatic carbocycles. The first-order chi connectivity index (χ1) is 12.0. The van der Waals surface area contributed by atoms with Crippen LogP contribution in [-0.2, 0) is 36.9 Å². The fourth-order valence-electron chi connectivity index (χ4n) is 2.75. The van der Waals surface area contributed by atoms with E-state index in [-0.39, 0.29) is 28.4 Å². The first-order valence-corrected chi connectivity index (χ1v) is 11.1. The lowest BCUT2D eigenvalue weighted by atomic mass is 9.79. The minimum Gasteiger partial charge on any atom is -0.423 e. The van der Waals surface area contributed by atoms with Crippen molar-refractivity contribution >= 4 is 43.8 Å². The molecule has 1 aliphatic heterocycles. The van der Waals surface area contributed by atoms with E-state index in [9.17, 15) is 21.9 Å². The third-order valence-corrected chi connectivity index (χ3v) is 6.17. The summed E-state index contributed by atoms with van der Waals surface area (Å²) in [5.74, 6) is -0.453. The van der Waals surface area contributed by atoms with Gasteiger partial charge in [-0.25, -0.2) is 16.8 Å². The van der Waals surface area contributed by atoms with Gasteiger partial charge in [0, 0.05) is 17.6 Å². The fraction of sp³-hybridized carbons (Fsp3) is 0.200. The lowest BCUT2D eigenvalue weighted by Crippen LogP contribution is -2.28. The van der Waals surface area contributed by atoms with Gasteiger partial charge >= 0.3 is 7.12 Å². The van der Waals surface area contributed by atoms with Crippen LogP contribution in [0.4, 0.5) is 11.4 Å². The molecule has 8 nitrogen and oxygen atoms in total. The summed E-state index contributed by atoms with van der Waals surface area (Å²) in [5, 5.41) is 9.74. The highest BCUT2D eigenvalue weighted by Gasteiger charge is 2.28. The highest BCUT2D eigenvalue weighted by atomic mass is 32.2. The number of hydrogen-bond acceptors (Lipinski definition) is 7. The Morgan fingerprint density at radius 2 is 1.92 bits per heavy atom. The number of fused-ring (bicyclic) bond motifs is 1. The number of benzene rings is 2. The highest BCUT2D eigenvalue weighted by molar-refractivity contribution is 7.93. The van der Waals surface area contributed by atoms with Gasteiger partial charge in [0.2, 0.25) is 0 Å². The predicted octanol–water partition coefficient (Wildman–Crippen LogP) is -0.168. The minimum absolute atomic E-state index is 0.0875. The van der Waals surface area contributed by atoms with Crippen molar-refractivity contribution in [2.45, 2.75) is 17.3 Å². The van der Waals surface area contributed by atoms with E-state index in [1.54, 1.807) is 12.1 Å². The van der Waals surface area contributed by atoms with Gasteiger partial charge in [-0.3, -0.25) is 4.72 Å². The zero-order valence-corrected chi connectivity index (χ0v) is 15.5. The van der Waals surface area contributed by atoms with E-state index >= 15 is 0 Å². The van der Waals surface area contributed by atoms with Gasteiger partial charge in [0.15, 0.2) is 9.84 Å². The largest absolute Gasteiger partial charge is 0.491 e. The average molecular weight is 396 g/mol. The first kappa shape index (κ1) is 18.7. The van der Waals surface area contributed by atoms with E-state index in [1.807, 2.05) is 0 Å². The lowest BCUT2D eigenvalue weighted by molar-refractivity contribution is 0.275. The van der Waals surface area contributed by atoms with Crippen molar-refractivity contribution in [3.05, 3.63) is 47.5 Å². The van der Waals surface area contributed by atoms with E-state index in [0.717, 1.165) is 11.8 Å². The quantitative estimate of drug-likeness (QED) is 0.472. The van der Waals surface area contributed by atoms with Gasteiger partial charge in [-0.2, -0.15) is 0 Å². The van der Waals surface area contributed by atoms with Gasteiger partial charge in [-0.05, 0) is 46.9 Å². The topological polar surface area (TPSA) is 136 Å². The van der Waals surface area contributed by atoms with Crippen LogP contribution in [0.2, 0.25) is 0 Å². The molecule has 2 aromatic carbocycles. The van der Waals surface area contributed by atoms with Crippen LogP contribution in [0.25, 0.3) is 0 Å². The van der Waals surface area contributed by atoms with Gasteiger partial charge in [0.25, 0.3) is 10.0 Å². The van der Waals surface area contributed by atoms with Crippen LogP contribution in [0.3, 0.4) is 0 Å². The SMILES string of the molecule is CS(=O)(=O)Cc1cc(N)ccc1S(=O)(=O)Nc1ccc2c(c1)B(O)OC2. The van der Waals surface area contributed by atoms with E-state index < -0.39 is 32.7 Å². The van der Waals surface area contributed by atoms with Crippen LogP contribution in [0.5, 0.6) is 0 Å². The van der Waals surface area contributed by atoms with E-state index in [0.29, 0.717) is 5.46 Å². The lowest BCUT2D eigenvalue weighted by Gasteiger charge is -2.13. The maximum atomic E-state index is 12.8. The second-order valence-corrected chi connectivity index (χ2v) is 9.91. The van der Waals surface area contributed by atoms with Crippen molar-refractivity contribution in [3.63, 3.8) is 0 Å². The molecule has 2 aromatic rings. The normalized spacial score (nSPS) is 14.3. The molecule has 26 heavy (non-hydrogen) atoms. The second-order valence-electron chi connectivity index (χ2n) is 6.12. The third kappa shape index (κ3) is 4.01. The smallest absolute Gasteiger partial charge is 0.423 e. The van der Waals surface area contributed by atoms with Crippen molar-refractivity contribution < 1.29 is 26.5 Å². The predicted molar refractivity (Wildman–Crippen MR) is 99.0 cm³/mol. The molecule has 0 unspecified atom stereocenters. The third-order valence-electron chi connectivity index (χ3n) is 3.85. The number of hydrogen-bond donors (Lipinski definition) is 3. The van der Waals surface area contributed by atoms with Crippen LogP contribution in [0.15, 0.2) is 41.3 Å². The summed E-state index contributed by atoms with van der Waals surface area (Å²) in [7, 11) is -8.63. The van der Waals surface area contributed by atoms with E-state index in [1.165, 1.54) is 24.3 Å². The maximum absolute atomic E-state index is 12.8. The summed E-state index contributed by atoms with van der Waals surface area (Å²) in [6.45, 7) is 0.250. The van der Waals surface area contributed by atoms with Crippen LogP contribution in [-0.4, -0.2) is 35.2 Å². The van der Waals surface area contributed by atoms with Gasteiger partial charge in [-0.1, -0.05) is 6.07 Å². The molecule has 1 aliphatic rings. The zero-order chi connectivity index (χ0) is 19.1. The molecule has 3 rings (SSSR count). The Labute approximate surface area is 152 Å². The molecule has 0 radical (unpaired) electrons. The molecule has 4 N–H and O–H groups in total. The summed E-state index contributed by atoms with van der Waals surface area (Å²) >= 11 is 0. The van der Waals surface area contributed by atoms with Crippen LogP contribution >= 0.6 is 0 Å². The molecular weight excluding hydrogens is 379 g/mol. The molecule has 0 bridgehead atoms. The molecule has 0 atom stereocenters. The first-order valence-electron chi connectivity index (χ1n) is 7.56. The number of nitrogens with one attached hydrogen (secondary N) is 1. The maximum Gasteiger partial charge on any atom is 0.491 e. The zero-order valence-electron chi connectivity index (χ0n) is 13.8. The summed E-state index contributed by atoms with van der Waals surface area (Å²) in [4.78, 5) is -0.172. The molecule has 0 saturated heterocycles. The van der Waals surface area contributed by atoms with E-state index in [2.05, 4.69) is 4.72 Å². The average Bonchev–Trinajstić information content (AvgIpc) is 2.86. The van der Waals surface area contributed by atoms with Crippen molar-refractivity contribution in [2.24, 2.45) is 0 Å². The van der Waals surface area contributed by atoms with Crippen LogP contribution in [0, 0.1) is 0 Å². The van der Waals surface area contributed by atoms with Gasteiger partial charge in [0.1, 0.15) is 0 Å². The number of anilines is 2. The standard InChI is InChI=1S/C15H17BN2O6S2/c1-25(20,21)9-11-6-12(17)3-5-15(11)26(22,23)18-13-4-2-10-8-24-16(19)14(10)7-13/h2-7,18-19H,8-9,17H2,1H3. The summed E-state index contributed by atoms with van der Waals surface area (Å²) in [6.07, 6.45) is 1.02. The van der Waals surface area contributed by atoms with Gasteiger partial charge < -0.3 is 15.4 Å².